The number of piperazine rings is 1. The summed E-state index contributed by atoms with van der Waals surface area (Å²) in [6.07, 6.45) is -2.25. The summed E-state index contributed by atoms with van der Waals surface area (Å²) in [7, 11) is 0. The third-order valence-corrected chi connectivity index (χ3v) is 5.04. The lowest BCUT2D eigenvalue weighted by atomic mass is 9.99. The lowest BCUT2D eigenvalue weighted by Crippen LogP contribution is -2.45. The van der Waals surface area contributed by atoms with Crippen molar-refractivity contribution in [1.29, 1.82) is 0 Å². The van der Waals surface area contributed by atoms with Gasteiger partial charge in [-0.15, -0.1) is 24.8 Å². The maximum Gasteiger partial charge on any atom is 0.389 e. The van der Waals surface area contributed by atoms with Crippen LogP contribution in [0, 0.1) is 0 Å². The number of hydrogen-bond donors (Lipinski definition) is 1. The Kier molecular flexibility index (Phi) is 9.51. The Morgan fingerprint density at radius 3 is 2.04 bits per heavy atom. The van der Waals surface area contributed by atoms with E-state index in [2.05, 4.69) is 27.2 Å². The van der Waals surface area contributed by atoms with Crippen molar-refractivity contribution in [3.05, 3.63) is 29.8 Å². The van der Waals surface area contributed by atoms with E-state index in [0.29, 0.717) is 0 Å². The number of anilines is 1. The van der Waals surface area contributed by atoms with E-state index in [4.69, 9.17) is 0 Å². The molecule has 26 heavy (non-hydrogen) atoms. The molecule has 2 fully saturated rings. The van der Waals surface area contributed by atoms with Crippen molar-refractivity contribution in [3.63, 3.8) is 0 Å². The molecule has 0 bridgehead atoms. The molecule has 2 heterocycles. The Balaban J connectivity index is 0.00000169. The van der Waals surface area contributed by atoms with Gasteiger partial charge in [-0.3, -0.25) is 4.90 Å². The molecule has 1 aromatic carbocycles. The van der Waals surface area contributed by atoms with Gasteiger partial charge in [0.05, 0.1) is 0 Å². The molecule has 3 nitrogen and oxygen atoms in total. The summed E-state index contributed by atoms with van der Waals surface area (Å²) in [4.78, 5) is 4.53. The van der Waals surface area contributed by atoms with Crippen LogP contribution in [-0.2, 0) is 0 Å². The van der Waals surface area contributed by atoms with Crippen LogP contribution in [0.4, 0.5) is 18.9 Å². The van der Waals surface area contributed by atoms with E-state index in [-0.39, 0.29) is 37.3 Å². The van der Waals surface area contributed by atoms with Gasteiger partial charge >= 0.3 is 6.18 Å². The molecule has 0 unspecified atom stereocenters. The van der Waals surface area contributed by atoms with E-state index < -0.39 is 12.6 Å². The zero-order chi connectivity index (χ0) is 17.0. The first kappa shape index (κ1) is 23.3. The van der Waals surface area contributed by atoms with Crippen LogP contribution in [0.1, 0.15) is 37.3 Å². The van der Waals surface area contributed by atoms with E-state index in [9.17, 15) is 13.2 Å². The summed E-state index contributed by atoms with van der Waals surface area (Å²) in [6.45, 7) is 5.44. The van der Waals surface area contributed by atoms with Crippen LogP contribution >= 0.6 is 24.8 Å². The Labute approximate surface area is 166 Å². The quantitative estimate of drug-likeness (QED) is 0.770. The molecule has 2 aliphatic rings. The number of nitrogens with one attached hydrogen (secondary N) is 1. The molecule has 0 radical (unpaired) electrons. The van der Waals surface area contributed by atoms with Crippen LogP contribution in [-0.4, -0.2) is 50.3 Å². The smallest absolute Gasteiger partial charge is 0.372 e. The fourth-order valence-electron chi connectivity index (χ4n) is 3.74. The number of rotatable bonds is 5. The molecule has 0 spiro atoms. The van der Waals surface area contributed by atoms with E-state index in [1.54, 1.807) is 0 Å². The molecule has 0 aromatic heterocycles. The second-order valence-corrected chi connectivity index (χ2v) is 6.74. The number of halogens is 5. The van der Waals surface area contributed by atoms with Gasteiger partial charge in [-0.05, 0) is 37.0 Å². The monoisotopic (exact) mass is 413 g/mol. The number of hydrogen-bond acceptors (Lipinski definition) is 3. The number of benzene rings is 1. The minimum absolute atomic E-state index is 0. The van der Waals surface area contributed by atoms with Gasteiger partial charge in [0, 0.05) is 57.4 Å². The molecule has 150 valence electrons. The van der Waals surface area contributed by atoms with E-state index in [1.165, 1.54) is 18.5 Å². The standard InChI is InChI=1S/C18H26F3N3.2ClH/c19-18(20,21)8-7-17(24-13-9-22-10-14-24)15-3-5-16(6-4-15)23-11-1-2-12-23;;/h3-6,17,22H,1-2,7-14H2;2*1H/t17-;;/m1../s1. The van der Waals surface area contributed by atoms with Gasteiger partial charge in [0.15, 0.2) is 0 Å². The number of nitrogens with zero attached hydrogens (tertiary/aromatic N) is 2. The lowest BCUT2D eigenvalue weighted by molar-refractivity contribution is -0.138. The van der Waals surface area contributed by atoms with Crippen LogP contribution in [0.25, 0.3) is 0 Å². The van der Waals surface area contributed by atoms with Crippen molar-refractivity contribution in [1.82, 2.24) is 10.2 Å². The maximum atomic E-state index is 12.7. The first-order valence-corrected chi connectivity index (χ1v) is 8.89. The molecule has 8 heteroatoms. The van der Waals surface area contributed by atoms with E-state index >= 15 is 0 Å². The van der Waals surface area contributed by atoms with E-state index in [0.717, 1.165) is 44.8 Å². The summed E-state index contributed by atoms with van der Waals surface area (Å²) in [5.41, 5.74) is 2.19. The molecular weight excluding hydrogens is 386 g/mol. The van der Waals surface area contributed by atoms with Gasteiger partial charge in [0.1, 0.15) is 0 Å². The van der Waals surface area contributed by atoms with Gasteiger partial charge in [-0.1, -0.05) is 12.1 Å². The minimum Gasteiger partial charge on any atom is -0.372 e. The Morgan fingerprint density at radius 1 is 0.923 bits per heavy atom. The van der Waals surface area contributed by atoms with Crippen molar-refractivity contribution >= 4 is 30.5 Å². The largest absolute Gasteiger partial charge is 0.389 e. The molecule has 0 saturated carbocycles. The highest BCUT2D eigenvalue weighted by atomic mass is 35.5. The zero-order valence-electron chi connectivity index (χ0n) is 14.8. The molecule has 2 saturated heterocycles. The number of alkyl halides is 3. The average molecular weight is 414 g/mol. The Bertz CT molecular complexity index is 513. The summed E-state index contributed by atoms with van der Waals surface area (Å²) >= 11 is 0. The van der Waals surface area contributed by atoms with Gasteiger partial charge in [0.2, 0.25) is 0 Å². The highest BCUT2D eigenvalue weighted by Gasteiger charge is 2.31. The average Bonchev–Trinajstić information content (AvgIpc) is 3.10. The summed E-state index contributed by atoms with van der Waals surface area (Å²) in [6, 6.07) is 8.04. The molecule has 3 rings (SSSR count). The Morgan fingerprint density at radius 2 is 1.50 bits per heavy atom. The van der Waals surface area contributed by atoms with Gasteiger partial charge < -0.3 is 10.2 Å². The van der Waals surface area contributed by atoms with Crippen LogP contribution in [0.2, 0.25) is 0 Å². The highest BCUT2D eigenvalue weighted by molar-refractivity contribution is 5.85. The van der Waals surface area contributed by atoms with Gasteiger partial charge in [-0.25, -0.2) is 0 Å². The lowest BCUT2D eigenvalue weighted by Gasteiger charge is -2.35. The van der Waals surface area contributed by atoms with Crippen molar-refractivity contribution in [2.75, 3.05) is 44.2 Å². The third kappa shape index (κ3) is 6.48. The van der Waals surface area contributed by atoms with Crippen molar-refractivity contribution in [2.24, 2.45) is 0 Å². The van der Waals surface area contributed by atoms with Crippen LogP contribution in [0.3, 0.4) is 0 Å². The molecular formula is C18H28Cl2F3N3. The van der Waals surface area contributed by atoms with Crippen LogP contribution < -0.4 is 10.2 Å². The van der Waals surface area contributed by atoms with Crippen LogP contribution in [0.5, 0.6) is 0 Å². The SMILES string of the molecule is Cl.Cl.FC(F)(F)CC[C@H](c1ccc(N2CCCC2)cc1)N1CCNCC1. The summed E-state index contributed by atoms with van der Waals surface area (Å²) in [5, 5.41) is 3.27. The van der Waals surface area contributed by atoms with E-state index in [1.807, 2.05) is 12.1 Å². The molecule has 1 N–H and O–H groups in total. The first-order chi connectivity index (χ1) is 11.5. The summed E-state index contributed by atoms with van der Waals surface area (Å²) < 4.78 is 38.2. The fourth-order valence-corrected chi connectivity index (χ4v) is 3.74. The first-order valence-electron chi connectivity index (χ1n) is 8.89. The maximum absolute atomic E-state index is 12.7. The normalized spacial score (nSPS) is 19.6. The van der Waals surface area contributed by atoms with Crippen LogP contribution in [0.15, 0.2) is 24.3 Å². The zero-order valence-corrected chi connectivity index (χ0v) is 16.4. The van der Waals surface area contributed by atoms with Crippen molar-refractivity contribution in [2.45, 2.75) is 37.9 Å². The van der Waals surface area contributed by atoms with Gasteiger partial charge in [-0.2, -0.15) is 13.2 Å². The highest BCUT2D eigenvalue weighted by Crippen LogP contribution is 2.33. The predicted molar refractivity (Wildman–Crippen MR) is 105 cm³/mol. The van der Waals surface area contributed by atoms with Gasteiger partial charge in [0.25, 0.3) is 0 Å². The van der Waals surface area contributed by atoms with Crippen molar-refractivity contribution < 1.29 is 13.2 Å². The van der Waals surface area contributed by atoms with Crippen molar-refractivity contribution in [3.8, 4) is 0 Å². The topological polar surface area (TPSA) is 18.5 Å². The predicted octanol–water partition coefficient (Wildman–Crippen LogP) is 4.42. The molecule has 0 amide bonds. The second-order valence-electron chi connectivity index (χ2n) is 6.74. The minimum atomic E-state index is -4.10. The third-order valence-electron chi connectivity index (χ3n) is 5.04. The molecule has 1 aromatic rings. The molecule has 2 aliphatic heterocycles. The Hall–Kier alpha value is -0.690. The second kappa shape index (κ2) is 10.6. The fraction of sp³-hybridized carbons (Fsp3) is 0.667. The summed E-state index contributed by atoms with van der Waals surface area (Å²) in [5.74, 6) is 0. The molecule has 0 aliphatic carbocycles. The molecule has 1 atom stereocenters.